The zero-order valence-corrected chi connectivity index (χ0v) is 11.5. The first-order chi connectivity index (χ1) is 8.76. The fraction of sp³-hybridized carbons (Fsp3) is 0.357. The quantitative estimate of drug-likeness (QED) is 0.831. The summed E-state index contributed by atoms with van der Waals surface area (Å²) in [6.45, 7) is 0. The Hall–Kier alpha value is -1.06. The lowest BCUT2D eigenvalue weighted by Crippen LogP contribution is -2.32. The summed E-state index contributed by atoms with van der Waals surface area (Å²) < 4.78 is 0. The summed E-state index contributed by atoms with van der Waals surface area (Å²) in [5.74, 6) is 0.599. The molecule has 0 aromatic heterocycles. The van der Waals surface area contributed by atoms with Gasteiger partial charge in [-0.2, -0.15) is 0 Å². The second-order valence-corrected chi connectivity index (χ2v) is 5.59. The maximum Gasteiger partial charge on any atom is 0.126 e. The predicted octanol–water partition coefficient (Wildman–Crippen LogP) is 3.12. The highest BCUT2D eigenvalue weighted by molar-refractivity contribution is 7.79. The summed E-state index contributed by atoms with van der Waals surface area (Å²) in [5, 5.41) is 9.14. The zero-order valence-electron chi connectivity index (χ0n) is 9.95. The van der Waals surface area contributed by atoms with E-state index in [2.05, 4.69) is 22.8 Å². The van der Waals surface area contributed by atoms with E-state index in [1.54, 1.807) is 5.37 Å². The van der Waals surface area contributed by atoms with Crippen LogP contribution in [-0.2, 0) is 6.42 Å². The van der Waals surface area contributed by atoms with E-state index in [4.69, 9.17) is 23.8 Å². The number of allylic oxidation sites excluding steroid dienone is 1. The minimum atomic E-state index is 0.112. The number of rotatable bonds is 3. The predicted molar refractivity (Wildman–Crippen MR) is 78.9 cm³/mol. The molecule has 2 atom stereocenters. The Balaban J connectivity index is 1.72. The fourth-order valence-electron chi connectivity index (χ4n) is 2.82. The van der Waals surface area contributed by atoms with Crippen LogP contribution in [0.4, 0.5) is 0 Å². The van der Waals surface area contributed by atoms with Gasteiger partial charge in [-0.3, -0.25) is 0 Å². The van der Waals surface area contributed by atoms with Crippen molar-refractivity contribution in [1.29, 1.82) is 0 Å². The third kappa shape index (κ3) is 2.25. The summed E-state index contributed by atoms with van der Waals surface area (Å²) in [4.78, 5) is 0. The summed E-state index contributed by atoms with van der Waals surface area (Å²) in [5.41, 5.74) is 4.10. The van der Waals surface area contributed by atoms with Crippen molar-refractivity contribution in [3.63, 3.8) is 0 Å². The number of nitrogens with one attached hydrogen (secondary N) is 2. The maximum atomic E-state index is 6.03. The topological polar surface area (TPSA) is 24.1 Å². The highest BCUT2D eigenvalue weighted by atomic mass is 35.5. The van der Waals surface area contributed by atoms with Crippen molar-refractivity contribution in [2.75, 3.05) is 0 Å². The summed E-state index contributed by atoms with van der Waals surface area (Å²) in [6.07, 6.45) is 5.54. The Labute approximate surface area is 117 Å². The molecule has 18 heavy (non-hydrogen) atoms. The van der Waals surface area contributed by atoms with Crippen molar-refractivity contribution in [3.8, 4) is 0 Å². The molecule has 0 fully saturated rings. The number of aryl methyl sites for hydroxylation is 1. The molecule has 3 rings (SSSR count). The van der Waals surface area contributed by atoms with Gasteiger partial charge in [0.05, 0.1) is 0 Å². The molecule has 2 unspecified atom stereocenters. The molecule has 1 aliphatic heterocycles. The fourth-order valence-corrected chi connectivity index (χ4v) is 3.16. The lowest BCUT2D eigenvalue weighted by molar-refractivity contribution is 0.628. The molecule has 0 amide bonds. The van der Waals surface area contributed by atoms with Crippen LogP contribution in [0.25, 0.3) is 0 Å². The lowest BCUT2D eigenvalue weighted by Gasteiger charge is -2.14. The monoisotopic (exact) mass is 278 g/mol. The first kappa shape index (κ1) is 12.0. The van der Waals surface area contributed by atoms with Crippen molar-refractivity contribution in [2.24, 2.45) is 0 Å². The number of thiocarbonyl (C=S) groups is 1. The van der Waals surface area contributed by atoms with E-state index in [0.29, 0.717) is 5.92 Å². The van der Waals surface area contributed by atoms with E-state index in [0.717, 1.165) is 17.9 Å². The van der Waals surface area contributed by atoms with E-state index in [-0.39, 0.29) is 6.17 Å². The number of hydrogen-bond acceptors (Lipinski definition) is 3. The van der Waals surface area contributed by atoms with Crippen molar-refractivity contribution in [3.05, 3.63) is 46.2 Å². The Morgan fingerprint density at radius 1 is 1.44 bits per heavy atom. The molecule has 2 N–H and O–H groups in total. The van der Waals surface area contributed by atoms with Gasteiger partial charge in [0.15, 0.2) is 0 Å². The highest BCUT2D eigenvalue weighted by Crippen LogP contribution is 2.38. The molecule has 0 radical (unpaired) electrons. The van der Waals surface area contributed by atoms with Crippen LogP contribution in [0.2, 0.25) is 5.02 Å². The van der Waals surface area contributed by atoms with Crippen LogP contribution in [-0.4, -0.2) is 11.5 Å². The van der Waals surface area contributed by atoms with Crippen LogP contribution in [0.3, 0.4) is 0 Å². The Morgan fingerprint density at radius 2 is 2.33 bits per heavy atom. The molecule has 1 aliphatic carbocycles. The summed E-state index contributed by atoms with van der Waals surface area (Å²) >= 11 is 11.0. The van der Waals surface area contributed by atoms with Crippen LogP contribution < -0.4 is 10.6 Å². The minimum absolute atomic E-state index is 0.112. The van der Waals surface area contributed by atoms with Gasteiger partial charge in [-0.15, -0.1) is 0 Å². The zero-order chi connectivity index (χ0) is 12.5. The molecular weight excluding hydrogens is 264 g/mol. The molecule has 0 saturated carbocycles. The second kappa shape index (κ2) is 4.90. The highest BCUT2D eigenvalue weighted by Gasteiger charge is 2.25. The van der Waals surface area contributed by atoms with Gasteiger partial charge in [-0.1, -0.05) is 29.9 Å². The van der Waals surface area contributed by atoms with Crippen molar-refractivity contribution >= 4 is 29.2 Å². The van der Waals surface area contributed by atoms with Crippen molar-refractivity contribution < 1.29 is 0 Å². The van der Waals surface area contributed by atoms with Crippen LogP contribution in [0.1, 0.15) is 29.9 Å². The van der Waals surface area contributed by atoms with Crippen LogP contribution >= 0.6 is 23.8 Å². The SMILES string of the molecule is S=CC1NC=C(CC2CCc3cc(Cl)ccc32)N1. The largest absolute Gasteiger partial charge is 0.366 e. The molecule has 0 saturated heterocycles. The van der Waals surface area contributed by atoms with E-state index in [9.17, 15) is 0 Å². The third-order valence-corrected chi connectivity index (χ3v) is 4.19. The molecule has 2 nitrogen and oxygen atoms in total. The van der Waals surface area contributed by atoms with Gasteiger partial charge in [0.2, 0.25) is 0 Å². The Bertz CT molecular complexity index is 513. The number of halogens is 1. The normalized spacial score (nSPS) is 25.1. The van der Waals surface area contributed by atoms with E-state index in [1.807, 2.05) is 12.3 Å². The van der Waals surface area contributed by atoms with Crippen LogP contribution in [0.15, 0.2) is 30.1 Å². The standard InChI is InChI=1S/C14H15ClN2S/c15-11-3-4-13-9(5-11)1-2-10(13)6-12-7-16-14(8-18)17-12/h3-5,7-8,10,14,16-17H,1-2,6H2. The first-order valence-corrected chi connectivity index (χ1v) is 7.06. The first-order valence-electron chi connectivity index (χ1n) is 6.21. The Morgan fingerprint density at radius 3 is 3.11 bits per heavy atom. The molecule has 1 aromatic rings. The van der Waals surface area contributed by atoms with E-state index in [1.165, 1.54) is 23.2 Å². The number of benzene rings is 1. The lowest BCUT2D eigenvalue weighted by atomic mass is 9.96. The molecule has 94 valence electrons. The van der Waals surface area contributed by atoms with Gasteiger partial charge in [0.1, 0.15) is 6.17 Å². The van der Waals surface area contributed by atoms with Gasteiger partial charge in [0.25, 0.3) is 0 Å². The molecular formula is C14H15ClN2S. The van der Waals surface area contributed by atoms with Crippen LogP contribution in [0.5, 0.6) is 0 Å². The smallest absolute Gasteiger partial charge is 0.126 e. The molecule has 4 heteroatoms. The molecule has 0 bridgehead atoms. The summed E-state index contributed by atoms with van der Waals surface area (Å²) in [7, 11) is 0. The van der Waals surface area contributed by atoms with Crippen LogP contribution in [0, 0.1) is 0 Å². The number of fused-ring (bicyclic) bond motifs is 1. The molecule has 0 spiro atoms. The summed E-state index contributed by atoms with van der Waals surface area (Å²) in [6, 6.07) is 6.27. The molecule has 1 aromatic carbocycles. The van der Waals surface area contributed by atoms with Gasteiger partial charge >= 0.3 is 0 Å². The maximum absolute atomic E-state index is 6.03. The average molecular weight is 279 g/mol. The van der Waals surface area contributed by atoms with Crippen molar-refractivity contribution in [1.82, 2.24) is 10.6 Å². The van der Waals surface area contributed by atoms with Gasteiger partial charge in [-0.25, -0.2) is 0 Å². The van der Waals surface area contributed by atoms with E-state index < -0.39 is 0 Å². The minimum Gasteiger partial charge on any atom is -0.366 e. The van der Waals surface area contributed by atoms with Gasteiger partial charge in [0, 0.05) is 22.3 Å². The average Bonchev–Trinajstić information content (AvgIpc) is 2.97. The number of hydrogen-bond donors (Lipinski definition) is 2. The van der Waals surface area contributed by atoms with E-state index >= 15 is 0 Å². The Kier molecular flexibility index (Phi) is 3.27. The van der Waals surface area contributed by atoms with Gasteiger partial charge in [-0.05, 0) is 48.4 Å². The van der Waals surface area contributed by atoms with Gasteiger partial charge < -0.3 is 10.6 Å². The molecule has 2 aliphatic rings. The van der Waals surface area contributed by atoms with Crippen molar-refractivity contribution in [2.45, 2.75) is 31.3 Å². The second-order valence-electron chi connectivity index (χ2n) is 4.88. The third-order valence-electron chi connectivity index (χ3n) is 3.69. The molecule has 1 heterocycles.